The number of hydrogen-bond donors (Lipinski definition) is 2. The van der Waals surface area contributed by atoms with Gasteiger partial charge in [-0.3, -0.25) is 13.6 Å². The Hall–Kier alpha value is -3.63. The van der Waals surface area contributed by atoms with E-state index >= 15 is 0 Å². The van der Waals surface area contributed by atoms with Crippen LogP contribution in [0.4, 0.5) is 19.0 Å². The molecule has 1 saturated carbocycles. The van der Waals surface area contributed by atoms with Gasteiger partial charge in [-0.2, -0.15) is 13.2 Å². The number of hydrogen-bond acceptors (Lipinski definition) is 5. The number of carbonyl (C=O) groups is 1. The Morgan fingerprint density at radius 1 is 1.00 bits per heavy atom. The molecule has 0 unspecified atom stereocenters. The molecule has 1 amide bonds. The number of halogens is 3. The zero-order valence-electron chi connectivity index (χ0n) is 16.9. The Balaban J connectivity index is 1.20. The Labute approximate surface area is 180 Å². The number of nitrogens with zero attached hydrogens (tertiary/aromatic N) is 5. The first-order valence-corrected chi connectivity index (χ1v) is 10.3. The highest BCUT2D eigenvalue weighted by Gasteiger charge is 2.34. The van der Waals surface area contributed by atoms with Crippen molar-refractivity contribution in [1.82, 2.24) is 29.3 Å². The number of alkyl halides is 3. The van der Waals surface area contributed by atoms with Crippen LogP contribution in [0.2, 0.25) is 0 Å². The zero-order chi connectivity index (χ0) is 22.3. The monoisotopic (exact) mass is 443 g/mol. The molecule has 0 aromatic carbocycles. The van der Waals surface area contributed by atoms with Crippen LogP contribution in [-0.4, -0.2) is 42.0 Å². The molecular weight excluding hydrogens is 423 g/mol. The summed E-state index contributed by atoms with van der Waals surface area (Å²) >= 11 is 0. The number of carbonyl (C=O) groups excluding carboxylic acids is 1. The fraction of sp³-hybridized carbons (Fsp3) is 0.333. The first-order chi connectivity index (χ1) is 15.4. The molecule has 0 saturated heterocycles. The van der Waals surface area contributed by atoms with Gasteiger partial charge in [0.25, 0.3) is 5.91 Å². The van der Waals surface area contributed by atoms with Crippen molar-refractivity contribution in [2.45, 2.75) is 43.9 Å². The molecule has 1 aliphatic carbocycles. The summed E-state index contributed by atoms with van der Waals surface area (Å²) < 4.78 is 42.1. The van der Waals surface area contributed by atoms with Crippen molar-refractivity contribution in [3.05, 3.63) is 60.3 Å². The van der Waals surface area contributed by atoms with Crippen LogP contribution in [0, 0.1) is 0 Å². The first-order valence-electron chi connectivity index (χ1n) is 10.3. The summed E-state index contributed by atoms with van der Waals surface area (Å²) in [5.41, 5.74) is 0.532. The van der Waals surface area contributed by atoms with E-state index in [-0.39, 0.29) is 23.6 Å². The minimum absolute atomic E-state index is 0.0398. The van der Waals surface area contributed by atoms with E-state index in [0.717, 1.165) is 31.9 Å². The van der Waals surface area contributed by atoms with Crippen molar-refractivity contribution in [2.75, 3.05) is 5.32 Å². The van der Waals surface area contributed by atoms with E-state index < -0.39 is 11.9 Å². The van der Waals surface area contributed by atoms with Crippen LogP contribution < -0.4 is 10.6 Å². The standard InChI is InChI=1S/C21H20F3N7O/c22-21(23,24)16-11-31-17(2-1-3-18(31)28-16)26-14-5-7-15(8-6-14)27-20(32)13-4-9-19-29-25-12-30(19)10-13/h1-4,9-12,14-15,26H,5-8H2,(H,27,32)/t14-,15+. The van der Waals surface area contributed by atoms with Gasteiger partial charge < -0.3 is 10.6 Å². The van der Waals surface area contributed by atoms with Crippen molar-refractivity contribution < 1.29 is 18.0 Å². The molecule has 0 atom stereocenters. The molecule has 4 aromatic heterocycles. The molecule has 0 bridgehead atoms. The Kier molecular flexibility index (Phi) is 4.95. The van der Waals surface area contributed by atoms with Gasteiger partial charge in [-0.05, 0) is 49.9 Å². The fourth-order valence-electron chi connectivity index (χ4n) is 4.09. The fourth-order valence-corrected chi connectivity index (χ4v) is 4.09. The zero-order valence-corrected chi connectivity index (χ0v) is 16.9. The van der Waals surface area contributed by atoms with E-state index in [1.165, 1.54) is 4.40 Å². The lowest BCUT2D eigenvalue weighted by Gasteiger charge is -2.30. The largest absolute Gasteiger partial charge is 0.434 e. The maximum atomic E-state index is 13.0. The number of pyridine rings is 2. The van der Waals surface area contributed by atoms with Gasteiger partial charge in [-0.25, -0.2) is 4.98 Å². The Morgan fingerprint density at radius 3 is 2.56 bits per heavy atom. The van der Waals surface area contributed by atoms with Crippen molar-refractivity contribution >= 4 is 23.0 Å². The quantitative estimate of drug-likeness (QED) is 0.504. The van der Waals surface area contributed by atoms with Crippen molar-refractivity contribution in [2.24, 2.45) is 0 Å². The van der Waals surface area contributed by atoms with Crippen LogP contribution in [0.15, 0.2) is 49.1 Å². The van der Waals surface area contributed by atoms with Gasteiger partial charge in [-0.1, -0.05) is 6.07 Å². The summed E-state index contributed by atoms with van der Waals surface area (Å²) in [7, 11) is 0. The number of anilines is 1. The molecule has 0 radical (unpaired) electrons. The molecule has 11 heteroatoms. The van der Waals surface area contributed by atoms with Crippen LogP contribution in [0.5, 0.6) is 0 Å². The van der Waals surface area contributed by atoms with Crippen molar-refractivity contribution in [3.63, 3.8) is 0 Å². The number of rotatable bonds is 4. The third kappa shape index (κ3) is 3.97. The second kappa shape index (κ2) is 7.81. The average molecular weight is 443 g/mol. The molecule has 4 aromatic rings. The smallest absolute Gasteiger partial charge is 0.368 e. The summed E-state index contributed by atoms with van der Waals surface area (Å²) in [6, 6.07) is 8.56. The molecule has 8 nitrogen and oxygen atoms in total. The predicted octanol–water partition coefficient (Wildman–Crippen LogP) is 3.55. The minimum Gasteiger partial charge on any atom is -0.368 e. The van der Waals surface area contributed by atoms with Crippen LogP contribution >= 0.6 is 0 Å². The summed E-state index contributed by atoms with van der Waals surface area (Å²) in [5, 5.41) is 14.1. The predicted molar refractivity (Wildman–Crippen MR) is 110 cm³/mol. The molecule has 0 spiro atoms. The van der Waals surface area contributed by atoms with Gasteiger partial charge in [0.1, 0.15) is 17.8 Å². The summed E-state index contributed by atoms with van der Waals surface area (Å²) in [4.78, 5) is 16.3. The van der Waals surface area contributed by atoms with Gasteiger partial charge in [0.2, 0.25) is 0 Å². The van der Waals surface area contributed by atoms with Crippen molar-refractivity contribution in [3.8, 4) is 0 Å². The lowest BCUT2D eigenvalue weighted by molar-refractivity contribution is -0.140. The van der Waals surface area contributed by atoms with Gasteiger partial charge >= 0.3 is 6.18 Å². The SMILES string of the molecule is O=C(N[C@H]1CC[C@@H](Nc2cccc3nc(C(F)(F)F)cn23)CC1)c1ccc2nncn2c1. The highest BCUT2D eigenvalue weighted by Crippen LogP contribution is 2.30. The third-order valence-corrected chi connectivity index (χ3v) is 5.75. The summed E-state index contributed by atoms with van der Waals surface area (Å²) in [6.07, 6.45) is 2.87. The van der Waals surface area contributed by atoms with E-state index in [2.05, 4.69) is 25.8 Å². The topological polar surface area (TPSA) is 88.6 Å². The average Bonchev–Trinajstić information content (AvgIpc) is 3.42. The molecule has 32 heavy (non-hydrogen) atoms. The van der Waals surface area contributed by atoms with Gasteiger partial charge in [0.15, 0.2) is 11.3 Å². The van der Waals surface area contributed by atoms with E-state index in [4.69, 9.17) is 0 Å². The number of fused-ring (bicyclic) bond motifs is 2. The van der Waals surface area contributed by atoms with Crippen molar-refractivity contribution in [1.29, 1.82) is 0 Å². The third-order valence-electron chi connectivity index (χ3n) is 5.75. The Bertz CT molecular complexity index is 1270. The van der Waals surface area contributed by atoms with Crippen LogP contribution in [0.25, 0.3) is 11.3 Å². The molecule has 4 heterocycles. The molecular formula is C21H20F3N7O. The summed E-state index contributed by atoms with van der Waals surface area (Å²) in [5.74, 6) is 0.417. The number of amides is 1. The van der Waals surface area contributed by atoms with E-state index in [1.54, 1.807) is 47.3 Å². The number of imidazole rings is 1. The number of aromatic nitrogens is 5. The second-order valence-electron chi connectivity index (χ2n) is 7.94. The van der Waals surface area contributed by atoms with Crippen LogP contribution in [0.1, 0.15) is 41.7 Å². The highest BCUT2D eigenvalue weighted by molar-refractivity contribution is 5.94. The van der Waals surface area contributed by atoms with E-state index in [0.29, 0.717) is 17.0 Å². The molecule has 2 N–H and O–H groups in total. The van der Waals surface area contributed by atoms with Crippen LogP contribution in [-0.2, 0) is 6.18 Å². The van der Waals surface area contributed by atoms with Gasteiger partial charge in [-0.15, -0.1) is 10.2 Å². The second-order valence-corrected chi connectivity index (χ2v) is 7.94. The Morgan fingerprint density at radius 2 is 1.78 bits per heavy atom. The molecule has 0 aliphatic heterocycles. The lowest BCUT2D eigenvalue weighted by atomic mass is 9.91. The highest BCUT2D eigenvalue weighted by atomic mass is 19.4. The maximum absolute atomic E-state index is 13.0. The first kappa shape index (κ1) is 20.3. The molecule has 166 valence electrons. The number of nitrogens with one attached hydrogen (secondary N) is 2. The normalized spacial score (nSPS) is 19.3. The van der Waals surface area contributed by atoms with E-state index in [1.807, 2.05) is 0 Å². The van der Waals surface area contributed by atoms with Crippen LogP contribution in [0.3, 0.4) is 0 Å². The molecule has 1 aliphatic rings. The molecule has 5 rings (SSSR count). The van der Waals surface area contributed by atoms with Gasteiger partial charge in [0.05, 0.1) is 5.56 Å². The minimum atomic E-state index is -4.49. The lowest BCUT2D eigenvalue weighted by Crippen LogP contribution is -2.40. The molecule has 1 fully saturated rings. The maximum Gasteiger partial charge on any atom is 0.434 e. The van der Waals surface area contributed by atoms with Gasteiger partial charge in [0, 0.05) is 24.5 Å². The summed E-state index contributed by atoms with van der Waals surface area (Å²) in [6.45, 7) is 0. The van der Waals surface area contributed by atoms with E-state index in [9.17, 15) is 18.0 Å².